The first-order valence-corrected chi connectivity index (χ1v) is 9.84. The molecule has 0 N–H and O–H groups in total. The van der Waals surface area contributed by atoms with Crippen LogP contribution in [0.25, 0.3) is 50.2 Å². The molecule has 0 amide bonds. The molecule has 6 rings (SSSR count). The van der Waals surface area contributed by atoms with Crippen molar-refractivity contribution in [2.45, 2.75) is 0 Å². The van der Waals surface area contributed by atoms with Crippen LogP contribution < -0.4 is 0 Å². The lowest BCUT2D eigenvalue weighted by Gasteiger charge is -2.08. The molecular weight excluding hydrogens is 352 g/mol. The number of hydrogen-bond acceptors (Lipinski definition) is 1. The number of rotatable bonds is 3. The Labute approximate surface area is 169 Å². The maximum atomic E-state index is 5.03. The maximum absolute atomic E-state index is 5.03. The average Bonchev–Trinajstić information content (AvgIpc) is 3.35. The van der Waals surface area contributed by atoms with E-state index in [1.54, 1.807) is 0 Å². The van der Waals surface area contributed by atoms with Gasteiger partial charge in [-0.25, -0.2) is 4.98 Å². The highest BCUT2D eigenvalue weighted by atomic mass is 15.0. The topological polar surface area (TPSA) is 17.3 Å². The summed E-state index contributed by atoms with van der Waals surface area (Å²) in [6.45, 7) is 0. The molecule has 2 heteroatoms. The van der Waals surface area contributed by atoms with E-state index in [1.165, 1.54) is 33.3 Å². The minimum atomic E-state index is 0.982. The lowest BCUT2D eigenvalue weighted by Crippen LogP contribution is -1.85. The fourth-order valence-electron chi connectivity index (χ4n) is 4.35. The molecule has 3 aromatic heterocycles. The second-order valence-electron chi connectivity index (χ2n) is 7.26. The van der Waals surface area contributed by atoms with E-state index < -0.39 is 0 Å². The van der Waals surface area contributed by atoms with Gasteiger partial charge in [0.15, 0.2) is 0 Å². The van der Waals surface area contributed by atoms with Crippen molar-refractivity contribution in [3.8, 4) is 33.5 Å². The number of nitrogens with zero attached hydrogens (tertiary/aromatic N) is 2. The Kier molecular flexibility index (Phi) is 3.50. The lowest BCUT2D eigenvalue weighted by atomic mass is 9.95. The summed E-state index contributed by atoms with van der Waals surface area (Å²) in [6.07, 6.45) is 0. The molecule has 0 aliphatic rings. The molecule has 29 heavy (non-hydrogen) atoms. The summed E-state index contributed by atoms with van der Waals surface area (Å²) in [7, 11) is 0. The first-order chi connectivity index (χ1) is 14.4. The van der Waals surface area contributed by atoms with E-state index in [2.05, 4.69) is 108 Å². The van der Waals surface area contributed by atoms with Crippen LogP contribution in [0.1, 0.15) is 0 Å². The van der Waals surface area contributed by atoms with E-state index >= 15 is 0 Å². The molecule has 136 valence electrons. The summed E-state index contributed by atoms with van der Waals surface area (Å²) < 4.78 is 2.31. The monoisotopic (exact) mass is 370 g/mol. The van der Waals surface area contributed by atoms with Gasteiger partial charge < -0.3 is 0 Å². The summed E-state index contributed by atoms with van der Waals surface area (Å²) >= 11 is 0. The van der Waals surface area contributed by atoms with Crippen LogP contribution in [0.2, 0.25) is 0 Å². The normalized spacial score (nSPS) is 11.4. The molecule has 3 heterocycles. The van der Waals surface area contributed by atoms with Gasteiger partial charge in [0, 0.05) is 16.7 Å². The zero-order valence-electron chi connectivity index (χ0n) is 15.8. The summed E-state index contributed by atoms with van der Waals surface area (Å²) in [5, 5.41) is 0. The zero-order valence-corrected chi connectivity index (χ0v) is 15.8. The molecule has 0 aliphatic heterocycles. The van der Waals surface area contributed by atoms with Crippen molar-refractivity contribution in [2.75, 3.05) is 0 Å². The predicted octanol–water partition coefficient (Wildman–Crippen LogP) is 6.93. The minimum absolute atomic E-state index is 0.982. The first kappa shape index (κ1) is 16.1. The highest BCUT2D eigenvalue weighted by molar-refractivity contribution is 6.09. The number of aromatic nitrogens is 2. The Balaban J connectivity index is 1.83. The fourth-order valence-corrected chi connectivity index (χ4v) is 4.35. The number of benzene rings is 3. The van der Waals surface area contributed by atoms with E-state index in [0.29, 0.717) is 0 Å². The van der Waals surface area contributed by atoms with Crippen LogP contribution in [-0.2, 0) is 0 Å². The van der Waals surface area contributed by atoms with Crippen LogP contribution in [0.3, 0.4) is 0 Å². The van der Waals surface area contributed by atoms with Crippen molar-refractivity contribution >= 4 is 16.7 Å². The molecule has 0 radical (unpaired) electrons. The Morgan fingerprint density at radius 1 is 0.483 bits per heavy atom. The highest BCUT2D eigenvalue weighted by Crippen LogP contribution is 2.45. The summed E-state index contributed by atoms with van der Waals surface area (Å²) in [5.41, 5.74) is 10.5. The average molecular weight is 370 g/mol. The van der Waals surface area contributed by atoms with Gasteiger partial charge in [0.2, 0.25) is 0 Å². The molecular formula is C27H18N2. The molecule has 0 saturated heterocycles. The van der Waals surface area contributed by atoms with Gasteiger partial charge in [-0.3, -0.25) is 4.40 Å². The van der Waals surface area contributed by atoms with Gasteiger partial charge in [-0.05, 0) is 23.3 Å². The summed E-state index contributed by atoms with van der Waals surface area (Å²) in [6, 6.07) is 38.2. The molecule has 3 aromatic carbocycles. The number of hydrogen-bond donors (Lipinski definition) is 0. The van der Waals surface area contributed by atoms with E-state index in [4.69, 9.17) is 4.98 Å². The van der Waals surface area contributed by atoms with Gasteiger partial charge >= 0.3 is 0 Å². The largest absolute Gasteiger partial charge is 0.291 e. The van der Waals surface area contributed by atoms with Crippen LogP contribution >= 0.6 is 0 Å². The van der Waals surface area contributed by atoms with Crippen molar-refractivity contribution in [2.24, 2.45) is 0 Å². The Bertz CT molecular complexity index is 1420. The standard InChI is InChI=1S/C27H18N2/c1-4-11-19(12-5-1)24-22-17-10-18-23-28-26(21-15-8-3-9-16-21)27(29(22)23)25(24)20-13-6-2-7-14-20/h1-18H. The van der Waals surface area contributed by atoms with Crippen LogP contribution in [0.4, 0.5) is 0 Å². The third-order valence-electron chi connectivity index (χ3n) is 5.56. The zero-order chi connectivity index (χ0) is 19.2. The molecule has 0 fully saturated rings. The molecule has 0 saturated carbocycles. The van der Waals surface area contributed by atoms with Crippen LogP contribution in [0.5, 0.6) is 0 Å². The number of pyridine rings is 1. The van der Waals surface area contributed by atoms with Crippen molar-refractivity contribution in [3.63, 3.8) is 0 Å². The Morgan fingerprint density at radius 3 is 1.66 bits per heavy atom. The first-order valence-electron chi connectivity index (χ1n) is 9.84. The summed E-state index contributed by atoms with van der Waals surface area (Å²) in [5.74, 6) is 0. The van der Waals surface area contributed by atoms with Gasteiger partial charge in [0.1, 0.15) is 5.65 Å². The van der Waals surface area contributed by atoms with Crippen LogP contribution in [0.15, 0.2) is 109 Å². The van der Waals surface area contributed by atoms with Crippen LogP contribution in [0, 0.1) is 0 Å². The maximum Gasteiger partial charge on any atom is 0.138 e. The molecule has 0 aliphatic carbocycles. The second-order valence-corrected chi connectivity index (χ2v) is 7.26. The van der Waals surface area contributed by atoms with Crippen molar-refractivity contribution < 1.29 is 0 Å². The van der Waals surface area contributed by atoms with Gasteiger partial charge in [-0.15, -0.1) is 0 Å². The Morgan fingerprint density at radius 2 is 1.03 bits per heavy atom. The summed E-state index contributed by atoms with van der Waals surface area (Å²) in [4.78, 5) is 5.03. The third-order valence-corrected chi connectivity index (χ3v) is 5.56. The highest BCUT2D eigenvalue weighted by Gasteiger charge is 2.24. The molecule has 0 spiro atoms. The van der Waals surface area contributed by atoms with Gasteiger partial charge in [-0.2, -0.15) is 0 Å². The predicted molar refractivity (Wildman–Crippen MR) is 120 cm³/mol. The third kappa shape index (κ3) is 2.39. The number of imidazole rings is 1. The quantitative estimate of drug-likeness (QED) is 0.330. The Hall–Kier alpha value is -3.91. The van der Waals surface area contributed by atoms with Crippen molar-refractivity contribution in [1.29, 1.82) is 0 Å². The van der Waals surface area contributed by atoms with E-state index in [1.807, 2.05) is 6.07 Å². The SMILES string of the molecule is c1ccc(-c2c(-c3ccccc3)c3c(-c4ccccc4)nc4cccc2n43)cc1. The molecule has 0 bridgehead atoms. The van der Waals surface area contributed by atoms with Crippen LogP contribution in [-0.4, -0.2) is 9.38 Å². The smallest absolute Gasteiger partial charge is 0.138 e. The molecule has 6 aromatic rings. The van der Waals surface area contributed by atoms with Crippen molar-refractivity contribution in [1.82, 2.24) is 9.38 Å². The molecule has 2 nitrogen and oxygen atoms in total. The van der Waals surface area contributed by atoms with E-state index in [0.717, 1.165) is 16.9 Å². The lowest BCUT2D eigenvalue weighted by molar-refractivity contribution is 1.30. The second kappa shape index (κ2) is 6.32. The van der Waals surface area contributed by atoms with Gasteiger partial charge in [0.05, 0.1) is 16.7 Å². The van der Waals surface area contributed by atoms with E-state index in [9.17, 15) is 0 Å². The minimum Gasteiger partial charge on any atom is -0.291 e. The fraction of sp³-hybridized carbons (Fsp3) is 0. The molecule has 0 atom stereocenters. The van der Waals surface area contributed by atoms with Crippen molar-refractivity contribution in [3.05, 3.63) is 109 Å². The van der Waals surface area contributed by atoms with Gasteiger partial charge in [0.25, 0.3) is 0 Å². The van der Waals surface area contributed by atoms with E-state index in [-0.39, 0.29) is 0 Å². The van der Waals surface area contributed by atoms with Gasteiger partial charge in [-0.1, -0.05) is 97.1 Å². The molecule has 0 unspecified atom stereocenters.